The number of hydrogen-bond donors (Lipinski definition) is 2. The lowest BCUT2D eigenvalue weighted by Gasteiger charge is -2.16. The molecular weight excluding hydrogens is 282 g/mol. The first-order chi connectivity index (χ1) is 10.4. The number of nitrogens with one attached hydrogen (secondary N) is 2. The highest BCUT2D eigenvalue weighted by Gasteiger charge is 2.32. The van der Waals surface area contributed by atoms with Crippen LogP contribution in [0.5, 0.6) is 0 Å². The molecule has 1 aromatic carbocycles. The van der Waals surface area contributed by atoms with Gasteiger partial charge in [0.15, 0.2) is 0 Å². The van der Waals surface area contributed by atoms with Crippen molar-refractivity contribution < 1.29 is 14.3 Å². The summed E-state index contributed by atoms with van der Waals surface area (Å²) < 4.78 is 5.62. The molecule has 0 radical (unpaired) electrons. The number of ether oxygens (including phenoxy) is 1. The maximum absolute atomic E-state index is 12.2. The molecule has 1 unspecified atom stereocenters. The minimum absolute atomic E-state index is 0.0477. The summed E-state index contributed by atoms with van der Waals surface area (Å²) in [7, 11) is 0. The second kappa shape index (κ2) is 5.61. The number of amides is 3. The summed E-state index contributed by atoms with van der Waals surface area (Å²) in [6.07, 6.45) is 0.810. The molecule has 0 aromatic heterocycles. The van der Waals surface area contributed by atoms with E-state index in [9.17, 15) is 9.59 Å². The summed E-state index contributed by atoms with van der Waals surface area (Å²) in [5.74, 6) is -0.108. The fraction of sp³-hybridized carbons (Fsp3) is 0.500. The fourth-order valence-electron chi connectivity index (χ4n) is 2.91. The SMILES string of the molecule is CC1(C)CC(NC(=O)c2ccc(N3CCNC3=O)cc2)CO1. The molecule has 3 amide bonds. The smallest absolute Gasteiger partial charge is 0.321 e. The molecule has 2 heterocycles. The van der Waals surface area contributed by atoms with Crippen LogP contribution in [0.4, 0.5) is 10.5 Å². The Bertz CT molecular complexity index is 583. The Morgan fingerprint density at radius 2 is 2.09 bits per heavy atom. The lowest BCUT2D eigenvalue weighted by atomic mass is 10.0. The number of carbonyl (C=O) groups is 2. The Labute approximate surface area is 129 Å². The van der Waals surface area contributed by atoms with Gasteiger partial charge < -0.3 is 15.4 Å². The predicted octanol–water partition coefficient (Wildman–Crippen LogP) is 1.51. The molecule has 118 valence electrons. The number of rotatable bonds is 3. The topological polar surface area (TPSA) is 70.7 Å². The zero-order valence-electron chi connectivity index (χ0n) is 12.9. The van der Waals surface area contributed by atoms with Gasteiger partial charge in [-0.25, -0.2) is 4.79 Å². The fourth-order valence-corrected chi connectivity index (χ4v) is 2.91. The van der Waals surface area contributed by atoms with Crippen LogP contribution in [0.2, 0.25) is 0 Å². The van der Waals surface area contributed by atoms with Crippen molar-refractivity contribution in [3.8, 4) is 0 Å². The van der Waals surface area contributed by atoms with E-state index in [1.165, 1.54) is 0 Å². The molecule has 2 aliphatic rings. The normalized spacial score (nSPS) is 23.5. The molecule has 1 atom stereocenters. The first-order valence-corrected chi connectivity index (χ1v) is 7.55. The third-order valence-corrected chi connectivity index (χ3v) is 4.05. The van der Waals surface area contributed by atoms with Crippen molar-refractivity contribution in [1.29, 1.82) is 0 Å². The molecule has 0 saturated carbocycles. The number of urea groups is 1. The van der Waals surface area contributed by atoms with Crippen LogP contribution in [-0.4, -0.2) is 43.3 Å². The van der Waals surface area contributed by atoms with E-state index in [4.69, 9.17) is 4.74 Å². The third-order valence-electron chi connectivity index (χ3n) is 4.05. The van der Waals surface area contributed by atoms with Gasteiger partial charge in [-0.15, -0.1) is 0 Å². The highest BCUT2D eigenvalue weighted by molar-refractivity contribution is 5.97. The monoisotopic (exact) mass is 303 g/mol. The van der Waals surface area contributed by atoms with Crippen LogP contribution in [0, 0.1) is 0 Å². The number of anilines is 1. The summed E-state index contributed by atoms with van der Waals surface area (Å²) >= 11 is 0. The quantitative estimate of drug-likeness (QED) is 0.889. The second-order valence-corrected chi connectivity index (χ2v) is 6.38. The Balaban J connectivity index is 1.63. The van der Waals surface area contributed by atoms with Gasteiger partial charge in [-0.1, -0.05) is 0 Å². The first kappa shape index (κ1) is 14.8. The van der Waals surface area contributed by atoms with Crippen LogP contribution in [0.3, 0.4) is 0 Å². The number of carbonyl (C=O) groups excluding carboxylic acids is 2. The minimum atomic E-state index is -0.176. The zero-order chi connectivity index (χ0) is 15.7. The Hall–Kier alpha value is -2.08. The molecule has 6 heteroatoms. The van der Waals surface area contributed by atoms with Gasteiger partial charge in [0.2, 0.25) is 0 Å². The van der Waals surface area contributed by atoms with Crippen molar-refractivity contribution in [3.63, 3.8) is 0 Å². The average molecular weight is 303 g/mol. The Kier molecular flexibility index (Phi) is 3.78. The number of nitrogens with zero attached hydrogens (tertiary/aromatic N) is 1. The van der Waals surface area contributed by atoms with E-state index >= 15 is 0 Å². The molecule has 6 nitrogen and oxygen atoms in total. The molecule has 0 bridgehead atoms. The van der Waals surface area contributed by atoms with Gasteiger partial charge in [0.05, 0.1) is 18.2 Å². The van der Waals surface area contributed by atoms with Crippen LogP contribution in [-0.2, 0) is 4.74 Å². The summed E-state index contributed by atoms with van der Waals surface area (Å²) in [5, 5.41) is 5.75. The molecule has 22 heavy (non-hydrogen) atoms. The molecular formula is C16H21N3O3. The average Bonchev–Trinajstić information content (AvgIpc) is 3.04. The van der Waals surface area contributed by atoms with Gasteiger partial charge in [0.25, 0.3) is 5.91 Å². The van der Waals surface area contributed by atoms with Crippen molar-refractivity contribution in [1.82, 2.24) is 10.6 Å². The van der Waals surface area contributed by atoms with Gasteiger partial charge in [-0.2, -0.15) is 0 Å². The van der Waals surface area contributed by atoms with Crippen molar-refractivity contribution in [2.75, 3.05) is 24.6 Å². The molecule has 1 aromatic rings. The highest BCUT2D eigenvalue weighted by atomic mass is 16.5. The van der Waals surface area contributed by atoms with Gasteiger partial charge >= 0.3 is 6.03 Å². The van der Waals surface area contributed by atoms with Gasteiger partial charge in [0, 0.05) is 24.3 Å². The molecule has 0 aliphatic carbocycles. The standard InChI is InChI=1S/C16H21N3O3/c1-16(2)9-12(10-22-16)18-14(20)11-3-5-13(6-4-11)19-8-7-17-15(19)21/h3-6,12H,7-10H2,1-2H3,(H,17,21)(H,18,20). The van der Waals surface area contributed by atoms with E-state index in [0.29, 0.717) is 25.3 Å². The second-order valence-electron chi connectivity index (χ2n) is 6.38. The lowest BCUT2D eigenvalue weighted by Crippen LogP contribution is -2.35. The molecule has 2 fully saturated rings. The molecule has 0 spiro atoms. The summed E-state index contributed by atoms with van der Waals surface area (Å²) in [5.41, 5.74) is 1.22. The van der Waals surface area contributed by atoms with Crippen LogP contribution in [0.25, 0.3) is 0 Å². The molecule has 2 N–H and O–H groups in total. The van der Waals surface area contributed by atoms with Crippen LogP contribution in [0.15, 0.2) is 24.3 Å². The number of benzene rings is 1. The summed E-state index contributed by atoms with van der Waals surface area (Å²) in [6.45, 7) is 5.90. The zero-order valence-corrected chi connectivity index (χ0v) is 12.9. The van der Waals surface area contributed by atoms with E-state index in [1.54, 1.807) is 29.2 Å². The largest absolute Gasteiger partial charge is 0.373 e. The highest BCUT2D eigenvalue weighted by Crippen LogP contribution is 2.24. The molecule has 2 aliphatic heterocycles. The van der Waals surface area contributed by atoms with Crippen LogP contribution < -0.4 is 15.5 Å². The van der Waals surface area contributed by atoms with E-state index in [0.717, 1.165) is 12.1 Å². The van der Waals surface area contributed by atoms with E-state index in [2.05, 4.69) is 10.6 Å². The minimum Gasteiger partial charge on any atom is -0.373 e. The van der Waals surface area contributed by atoms with Crippen molar-refractivity contribution >= 4 is 17.6 Å². The van der Waals surface area contributed by atoms with Crippen LogP contribution >= 0.6 is 0 Å². The number of hydrogen-bond acceptors (Lipinski definition) is 3. The maximum Gasteiger partial charge on any atom is 0.321 e. The summed E-state index contributed by atoms with van der Waals surface area (Å²) in [6, 6.07) is 7.05. The molecule has 3 rings (SSSR count). The predicted molar refractivity (Wildman–Crippen MR) is 83.1 cm³/mol. The van der Waals surface area contributed by atoms with Crippen molar-refractivity contribution in [2.24, 2.45) is 0 Å². The van der Waals surface area contributed by atoms with Gasteiger partial charge in [0.1, 0.15) is 0 Å². The first-order valence-electron chi connectivity index (χ1n) is 7.55. The summed E-state index contributed by atoms with van der Waals surface area (Å²) in [4.78, 5) is 25.5. The van der Waals surface area contributed by atoms with Crippen LogP contribution in [0.1, 0.15) is 30.6 Å². The van der Waals surface area contributed by atoms with E-state index in [-0.39, 0.29) is 23.6 Å². The Morgan fingerprint density at radius 1 is 1.36 bits per heavy atom. The maximum atomic E-state index is 12.2. The van der Waals surface area contributed by atoms with Gasteiger partial charge in [-0.3, -0.25) is 9.69 Å². The van der Waals surface area contributed by atoms with E-state index in [1.807, 2.05) is 13.8 Å². The van der Waals surface area contributed by atoms with Crippen molar-refractivity contribution in [2.45, 2.75) is 31.9 Å². The lowest BCUT2D eigenvalue weighted by molar-refractivity contribution is 0.0355. The Morgan fingerprint density at radius 3 is 2.64 bits per heavy atom. The van der Waals surface area contributed by atoms with Gasteiger partial charge in [-0.05, 0) is 44.5 Å². The molecule has 2 saturated heterocycles. The van der Waals surface area contributed by atoms with E-state index < -0.39 is 0 Å². The third kappa shape index (κ3) is 3.06. The van der Waals surface area contributed by atoms with Crippen molar-refractivity contribution in [3.05, 3.63) is 29.8 Å².